The molecule has 0 saturated heterocycles. The maximum absolute atomic E-state index is 5.59. The van der Waals surface area contributed by atoms with E-state index in [0.717, 1.165) is 39.7 Å². The van der Waals surface area contributed by atoms with E-state index in [1.807, 2.05) is 18.3 Å². The third-order valence-corrected chi connectivity index (χ3v) is 12.4. The number of pyridine rings is 2. The Labute approximate surface area is 327 Å². The van der Waals surface area contributed by atoms with Crippen LogP contribution >= 0.6 is 0 Å². The molecule has 3 aromatic heterocycles. The molecule has 0 atom stereocenters. The Morgan fingerprint density at radius 1 is 0.482 bits per heavy atom. The van der Waals surface area contributed by atoms with Gasteiger partial charge < -0.3 is 9.47 Å². The first-order valence-electron chi connectivity index (χ1n) is 19.5. The van der Waals surface area contributed by atoms with Crippen molar-refractivity contribution in [1.29, 1.82) is 0 Å². The van der Waals surface area contributed by atoms with Gasteiger partial charge in [0.25, 0.3) is 0 Å². The molecule has 0 unspecified atom stereocenters. The number of hydrogen-bond acceptors (Lipinski definition) is 3. The molecule has 2 aliphatic carbocycles. The quantitative estimate of drug-likeness (QED) is 0.177. The van der Waals surface area contributed by atoms with E-state index in [4.69, 9.17) is 9.97 Å². The van der Waals surface area contributed by atoms with Crippen LogP contribution in [-0.2, 0) is 10.8 Å². The van der Waals surface area contributed by atoms with Crippen LogP contribution in [0, 0.1) is 0 Å². The van der Waals surface area contributed by atoms with Gasteiger partial charge in [-0.15, -0.1) is 0 Å². The molecule has 11 rings (SSSR count). The molecule has 0 spiro atoms. The van der Waals surface area contributed by atoms with Gasteiger partial charge >= 0.3 is 0 Å². The minimum atomic E-state index is -0.264. The molecule has 0 saturated carbocycles. The van der Waals surface area contributed by atoms with Crippen molar-refractivity contribution in [3.63, 3.8) is 0 Å². The molecule has 6 aromatic carbocycles. The number of anilines is 3. The number of fused-ring (bicyclic) bond motifs is 9. The maximum Gasteiger partial charge on any atom is 0.0750 e. The molecule has 0 radical (unpaired) electrons. The molecule has 0 amide bonds. The average molecular weight is 721 g/mol. The molecule has 0 fully saturated rings. The Hall–Kier alpha value is -6.78. The van der Waals surface area contributed by atoms with Crippen molar-refractivity contribution in [2.24, 2.45) is 0 Å². The van der Waals surface area contributed by atoms with E-state index in [0.29, 0.717) is 0 Å². The van der Waals surface area contributed by atoms with Crippen LogP contribution in [0.5, 0.6) is 0 Å². The molecule has 268 valence electrons. The highest BCUT2D eigenvalue weighted by atomic mass is 15.1. The molecular weight excluding hydrogens is 681 g/mol. The fourth-order valence-electron chi connectivity index (χ4n) is 9.49. The van der Waals surface area contributed by atoms with Gasteiger partial charge in [0.05, 0.1) is 40.0 Å². The van der Waals surface area contributed by atoms with Gasteiger partial charge in [0, 0.05) is 55.4 Å². The molecular formula is C52H40N4. The van der Waals surface area contributed by atoms with E-state index in [9.17, 15) is 0 Å². The minimum Gasteiger partial charge on any atom is -0.309 e. The number of rotatable bonds is 5. The van der Waals surface area contributed by atoms with Crippen molar-refractivity contribution < 1.29 is 0 Å². The Balaban J connectivity index is 0.962. The van der Waals surface area contributed by atoms with Gasteiger partial charge in [-0.3, -0.25) is 9.97 Å². The fourth-order valence-corrected chi connectivity index (χ4v) is 9.49. The van der Waals surface area contributed by atoms with E-state index in [-0.39, 0.29) is 10.8 Å². The lowest BCUT2D eigenvalue weighted by Crippen LogP contribution is -2.19. The van der Waals surface area contributed by atoms with Crippen LogP contribution in [-0.4, -0.2) is 14.5 Å². The Morgan fingerprint density at radius 2 is 1.09 bits per heavy atom. The lowest BCUT2D eigenvalue weighted by Gasteiger charge is -2.25. The third-order valence-electron chi connectivity index (χ3n) is 12.4. The van der Waals surface area contributed by atoms with E-state index in [2.05, 4.69) is 189 Å². The van der Waals surface area contributed by atoms with E-state index >= 15 is 0 Å². The normalized spacial score (nSPS) is 14.4. The second kappa shape index (κ2) is 11.9. The van der Waals surface area contributed by atoms with Gasteiger partial charge in [-0.2, -0.15) is 0 Å². The van der Waals surface area contributed by atoms with Crippen LogP contribution in [0.3, 0.4) is 0 Å². The van der Waals surface area contributed by atoms with Gasteiger partial charge in [0.1, 0.15) is 0 Å². The van der Waals surface area contributed by atoms with Crippen LogP contribution in [0.1, 0.15) is 50.1 Å². The zero-order valence-corrected chi connectivity index (χ0v) is 32.0. The van der Waals surface area contributed by atoms with Crippen LogP contribution in [0.4, 0.5) is 17.1 Å². The van der Waals surface area contributed by atoms with Gasteiger partial charge in [-0.1, -0.05) is 119 Å². The zero-order valence-electron chi connectivity index (χ0n) is 32.0. The standard InChI is InChI=1S/C52H40N4/c1-51(2)43-29-33(46-28-25-37(32-53-46)55(34-15-7-5-8-16-34)35-17-9-6-10-18-35)23-26-41(43)49-45(51)31-42-38-27-24-36(30-44(38)52(3,4)50(42)54-49)56-47-21-13-11-19-39(47)40-20-12-14-22-48(40)56/h5-32H,1-4H3. The number of nitrogens with zero attached hydrogens (tertiary/aromatic N) is 4. The third kappa shape index (κ3) is 4.65. The number of hydrogen-bond donors (Lipinski definition) is 0. The van der Waals surface area contributed by atoms with Crippen molar-refractivity contribution in [3.05, 3.63) is 192 Å². The van der Waals surface area contributed by atoms with E-state index < -0.39 is 0 Å². The molecule has 2 aliphatic rings. The highest BCUT2D eigenvalue weighted by Gasteiger charge is 2.43. The Bertz CT molecular complexity index is 2920. The smallest absolute Gasteiger partial charge is 0.0750 e. The SMILES string of the molecule is CC1(C)c2cc(-c3ccc(N(c4ccccc4)c4ccccc4)cn3)ccc2-c2nc3c(cc21)-c1ccc(-n2c4ccccc4c4ccccc42)cc1C3(C)C. The number of benzene rings is 6. The predicted molar refractivity (Wildman–Crippen MR) is 232 cm³/mol. The summed E-state index contributed by atoms with van der Waals surface area (Å²) in [5.41, 5.74) is 18.3. The van der Waals surface area contributed by atoms with Crippen molar-refractivity contribution in [3.8, 4) is 39.3 Å². The van der Waals surface area contributed by atoms with Crippen LogP contribution in [0.2, 0.25) is 0 Å². The Morgan fingerprint density at radius 3 is 1.73 bits per heavy atom. The summed E-state index contributed by atoms with van der Waals surface area (Å²) >= 11 is 0. The summed E-state index contributed by atoms with van der Waals surface area (Å²) in [4.78, 5) is 12.9. The molecule has 0 N–H and O–H groups in total. The molecule has 0 aliphatic heterocycles. The lowest BCUT2D eigenvalue weighted by molar-refractivity contribution is 0.631. The first kappa shape index (κ1) is 32.6. The summed E-state index contributed by atoms with van der Waals surface area (Å²) in [7, 11) is 0. The fraction of sp³-hybridized carbons (Fsp3) is 0.115. The summed E-state index contributed by atoms with van der Waals surface area (Å²) in [5.74, 6) is 0. The van der Waals surface area contributed by atoms with Crippen molar-refractivity contribution >= 4 is 38.9 Å². The van der Waals surface area contributed by atoms with E-state index in [1.54, 1.807) is 0 Å². The average Bonchev–Trinajstić information content (AvgIpc) is 3.77. The monoisotopic (exact) mass is 720 g/mol. The van der Waals surface area contributed by atoms with Crippen molar-refractivity contribution in [2.45, 2.75) is 38.5 Å². The highest BCUT2D eigenvalue weighted by molar-refractivity contribution is 6.09. The largest absolute Gasteiger partial charge is 0.309 e. The summed E-state index contributed by atoms with van der Waals surface area (Å²) in [6.07, 6.45) is 1.99. The van der Waals surface area contributed by atoms with E-state index in [1.165, 1.54) is 60.9 Å². The summed E-state index contributed by atoms with van der Waals surface area (Å²) in [5, 5.41) is 2.55. The van der Waals surface area contributed by atoms with Crippen molar-refractivity contribution in [1.82, 2.24) is 14.5 Å². The van der Waals surface area contributed by atoms with Crippen LogP contribution in [0.15, 0.2) is 170 Å². The zero-order chi connectivity index (χ0) is 37.8. The lowest BCUT2D eigenvalue weighted by atomic mass is 9.81. The second-order valence-corrected chi connectivity index (χ2v) is 16.3. The molecule has 4 nitrogen and oxygen atoms in total. The van der Waals surface area contributed by atoms with Crippen molar-refractivity contribution in [2.75, 3.05) is 4.90 Å². The van der Waals surface area contributed by atoms with Gasteiger partial charge in [0.2, 0.25) is 0 Å². The number of para-hydroxylation sites is 4. The van der Waals surface area contributed by atoms with Gasteiger partial charge in [0.15, 0.2) is 0 Å². The molecule has 4 heteroatoms. The summed E-state index contributed by atoms with van der Waals surface area (Å²) in [6.45, 7) is 9.36. The predicted octanol–water partition coefficient (Wildman–Crippen LogP) is 13.3. The molecule has 0 bridgehead atoms. The molecule has 3 heterocycles. The first-order valence-corrected chi connectivity index (χ1v) is 19.5. The topological polar surface area (TPSA) is 34.0 Å². The van der Waals surface area contributed by atoms with Crippen LogP contribution in [0.25, 0.3) is 61.1 Å². The highest BCUT2D eigenvalue weighted by Crippen LogP contribution is 2.55. The Kier molecular flexibility index (Phi) is 6.91. The number of aromatic nitrogens is 3. The minimum absolute atomic E-state index is 0.226. The van der Waals surface area contributed by atoms with Gasteiger partial charge in [-0.05, 0) is 95.1 Å². The summed E-state index contributed by atoms with van der Waals surface area (Å²) < 4.78 is 2.42. The molecule has 9 aromatic rings. The summed E-state index contributed by atoms with van der Waals surface area (Å²) in [6, 6.07) is 59.0. The van der Waals surface area contributed by atoms with Gasteiger partial charge in [-0.25, -0.2) is 0 Å². The first-order chi connectivity index (χ1) is 27.3. The second-order valence-electron chi connectivity index (χ2n) is 16.3. The van der Waals surface area contributed by atoms with Crippen LogP contribution < -0.4 is 4.90 Å². The maximum atomic E-state index is 5.59. The molecule has 56 heavy (non-hydrogen) atoms.